The molecule has 2 aromatic rings. The lowest BCUT2D eigenvalue weighted by Gasteiger charge is -2.25. The van der Waals surface area contributed by atoms with Crippen LogP contribution in [0.5, 0.6) is 0 Å². The summed E-state index contributed by atoms with van der Waals surface area (Å²) < 4.78 is 5.39. The van der Waals surface area contributed by atoms with Crippen LogP contribution in [-0.4, -0.2) is 28.1 Å². The van der Waals surface area contributed by atoms with Crippen molar-refractivity contribution in [2.75, 3.05) is 6.54 Å². The maximum absolute atomic E-state index is 12.1. The van der Waals surface area contributed by atoms with E-state index in [1.54, 1.807) is 6.07 Å². The third-order valence-corrected chi connectivity index (χ3v) is 4.40. The molecule has 0 unspecified atom stereocenters. The summed E-state index contributed by atoms with van der Waals surface area (Å²) in [5.41, 5.74) is 0.314. The molecule has 2 N–H and O–H groups in total. The number of hydrogen-bond acceptors (Lipinski definition) is 5. The highest BCUT2D eigenvalue weighted by molar-refractivity contribution is 7.09. The fourth-order valence-corrected chi connectivity index (χ4v) is 2.52. The first-order valence-electron chi connectivity index (χ1n) is 6.99. The molecule has 0 aromatic carbocycles. The lowest BCUT2D eigenvalue weighted by atomic mass is 9.97. The van der Waals surface area contributed by atoms with Crippen molar-refractivity contribution < 1.29 is 14.3 Å². The van der Waals surface area contributed by atoms with Gasteiger partial charge in [0.25, 0.3) is 5.91 Å². The molecule has 0 aliphatic carbocycles. The van der Waals surface area contributed by atoms with Crippen LogP contribution in [0, 0.1) is 6.92 Å². The zero-order chi connectivity index (χ0) is 15.5. The molecule has 0 spiro atoms. The molecule has 6 heteroatoms. The molecular formula is C15H20N2O3S. The first kappa shape index (κ1) is 15.7. The van der Waals surface area contributed by atoms with E-state index >= 15 is 0 Å². The Morgan fingerprint density at radius 3 is 2.76 bits per heavy atom. The Labute approximate surface area is 128 Å². The summed E-state index contributed by atoms with van der Waals surface area (Å²) in [5, 5.41) is 15.7. The number of nitrogens with zero attached hydrogens (tertiary/aromatic N) is 1. The topological polar surface area (TPSA) is 75.4 Å². The normalized spacial score (nSPS) is 11.6. The van der Waals surface area contributed by atoms with E-state index in [-0.39, 0.29) is 12.5 Å². The monoisotopic (exact) mass is 308 g/mol. The minimum absolute atomic E-state index is 0.231. The van der Waals surface area contributed by atoms with Gasteiger partial charge in [-0.15, -0.1) is 11.3 Å². The van der Waals surface area contributed by atoms with Gasteiger partial charge in [0.15, 0.2) is 5.76 Å². The average Bonchev–Trinajstić information content (AvgIpc) is 3.13. The van der Waals surface area contributed by atoms with Crippen LogP contribution in [0.3, 0.4) is 0 Å². The molecule has 0 atom stereocenters. The third-order valence-electron chi connectivity index (χ3n) is 3.63. The van der Waals surface area contributed by atoms with Gasteiger partial charge < -0.3 is 14.8 Å². The number of carbonyl (C=O) groups excluding carboxylic acids is 1. The smallest absolute Gasteiger partial charge is 0.254 e. The van der Waals surface area contributed by atoms with E-state index in [1.165, 1.54) is 17.6 Å². The number of nitrogens with one attached hydrogen (secondary N) is 1. The lowest BCUT2D eigenvalue weighted by molar-refractivity contribution is 0.0314. The third kappa shape index (κ3) is 3.71. The summed E-state index contributed by atoms with van der Waals surface area (Å²) >= 11 is 1.53. The maximum atomic E-state index is 12.1. The molecule has 5 nitrogen and oxygen atoms in total. The van der Waals surface area contributed by atoms with Crippen molar-refractivity contribution in [1.29, 1.82) is 0 Å². The predicted molar refractivity (Wildman–Crippen MR) is 82.4 cm³/mol. The van der Waals surface area contributed by atoms with E-state index in [9.17, 15) is 9.90 Å². The largest absolute Gasteiger partial charge is 0.462 e. The first-order valence-corrected chi connectivity index (χ1v) is 7.87. The van der Waals surface area contributed by atoms with Crippen molar-refractivity contribution in [2.45, 2.75) is 39.2 Å². The highest BCUT2D eigenvalue weighted by atomic mass is 32.1. The van der Waals surface area contributed by atoms with Gasteiger partial charge in [-0.3, -0.25) is 4.79 Å². The molecule has 2 rings (SSSR count). The average molecular weight is 308 g/mol. The van der Waals surface area contributed by atoms with Crippen molar-refractivity contribution in [1.82, 2.24) is 10.3 Å². The molecule has 114 valence electrons. The summed E-state index contributed by atoms with van der Waals surface area (Å²) in [7, 11) is 0. The Bertz CT molecular complexity index is 614. The first-order chi connectivity index (χ1) is 9.97. The van der Waals surface area contributed by atoms with Crippen molar-refractivity contribution >= 4 is 17.2 Å². The van der Waals surface area contributed by atoms with Gasteiger partial charge in [0.05, 0.1) is 16.2 Å². The number of carbonyl (C=O) groups is 1. The minimum atomic E-state index is -0.853. The van der Waals surface area contributed by atoms with E-state index in [2.05, 4.69) is 10.3 Å². The van der Waals surface area contributed by atoms with Crippen LogP contribution >= 0.6 is 11.3 Å². The van der Waals surface area contributed by atoms with Crippen LogP contribution in [0.4, 0.5) is 0 Å². The number of aryl methyl sites for hydroxylation is 1. The van der Waals surface area contributed by atoms with Crippen LogP contribution in [0.25, 0.3) is 11.5 Å². The predicted octanol–water partition coefficient (Wildman–Crippen LogP) is 2.99. The van der Waals surface area contributed by atoms with Crippen LogP contribution in [0.15, 0.2) is 22.1 Å². The summed E-state index contributed by atoms with van der Waals surface area (Å²) in [5.74, 6) is 0.322. The molecule has 0 saturated carbocycles. The minimum Gasteiger partial charge on any atom is -0.462 e. The highest BCUT2D eigenvalue weighted by Gasteiger charge is 2.23. The van der Waals surface area contributed by atoms with E-state index in [0.29, 0.717) is 24.2 Å². The van der Waals surface area contributed by atoms with E-state index in [4.69, 9.17) is 4.42 Å². The van der Waals surface area contributed by atoms with Crippen molar-refractivity contribution in [2.24, 2.45) is 0 Å². The zero-order valence-electron chi connectivity index (χ0n) is 12.5. The maximum Gasteiger partial charge on any atom is 0.254 e. The Hall–Kier alpha value is -1.66. The van der Waals surface area contributed by atoms with E-state index in [0.717, 1.165) is 10.7 Å². The summed E-state index contributed by atoms with van der Waals surface area (Å²) in [6.07, 6.45) is 2.60. The Morgan fingerprint density at radius 2 is 2.19 bits per heavy atom. The van der Waals surface area contributed by atoms with Gasteiger partial charge in [0.2, 0.25) is 0 Å². The molecular weight excluding hydrogens is 288 g/mol. The van der Waals surface area contributed by atoms with Crippen molar-refractivity contribution in [3.63, 3.8) is 0 Å². The van der Waals surface area contributed by atoms with Gasteiger partial charge in [-0.05, 0) is 25.8 Å². The molecule has 0 aliphatic heterocycles. The fraction of sp³-hybridized carbons (Fsp3) is 0.467. The molecule has 2 aromatic heterocycles. The van der Waals surface area contributed by atoms with Gasteiger partial charge in [0.1, 0.15) is 12.0 Å². The highest BCUT2D eigenvalue weighted by Crippen LogP contribution is 2.23. The summed E-state index contributed by atoms with van der Waals surface area (Å²) in [6, 6.07) is 1.67. The number of thiazole rings is 1. The summed E-state index contributed by atoms with van der Waals surface area (Å²) in [4.78, 5) is 16.4. The second-order valence-electron chi connectivity index (χ2n) is 5.07. The van der Waals surface area contributed by atoms with Crippen LogP contribution in [0.2, 0.25) is 0 Å². The van der Waals surface area contributed by atoms with Gasteiger partial charge >= 0.3 is 0 Å². The molecule has 0 radical (unpaired) electrons. The molecule has 0 aliphatic rings. The van der Waals surface area contributed by atoms with Crippen LogP contribution in [-0.2, 0) is 0 Å². The number of rotatable bonds is 6. The van der Waals surface area contributed by atoms with Gasteiger partial charge in [-0.2, -0.15) is 0 Å². The Balaban J connectivity index is 2.02. The number of amides is 1. The number of aliphatic hydroxyl groups is 1. The molecule has 1 amide bonds. The molecule has 2 heterocycles. The number of aromatic nitrogens is 1. The zero-order valence-corrected chi connectivity index (χ0v) is 13.3. The SMILES string of the molecule is CCC(O)(CC)CNC(=O)c1coc(-c2csc(C)n2)c1. The Kier molecular flexibility index (Phi) is 4.80. The molecule has 21 heavy (non-hydrogen) atoms. The number of hydrogen-bond donors (Lipinski definition) is 2. The van der Waals surface area contributed by atoms with Gasteiger partial charge in [0, 0.05) is 11.9 Å². The van der Waals surface area contributed by atoms with E-state index in [1.807, 2.05) is 26.2 Å². The van der Waals surface area contributed by atoms with E-state index < -0.39 is 5.60 Å². The van der Waals surface area contributed by atoms with Gasteiger partial charge in [-0.25, -0.2) is 4.98 Å². The van der Waals surface area contributed by atoms with Crippen LogP contribution < -0.4 is 5.32 Å². The standard InChI is InChI=1S/C15H20N2O3S/c1-4-15(19,5-2)9-16-14(18)11-6-13(20-7-11)12-8-21-10(3)17-12/h6-8,19H,4-5,9H2,1-3H3,(H,16,18). The fourth-order valence-electron chi connectivity index (χ4n) is 1.91. The summed E-state index contributed by atoms with van der Waals surface area (Å²) in [6.45, 7) is 5.95. The number of furan rings is 1. The molecule has 0 bridgehead atoms. The van der Waals surface area contributed by atoms with Crippen molar-refractivity contribution in [3.8, 4) is 11.5 Å². The van der Waals surface area contributed by atoms with Crippen LogP contribution in [0.1, 0.15) is 42.1 Å². The second-order valence-corrected chi connectivity index (χ2v) is 6.13. The lowest BCUT2D eigenvalue weighted by Crippen LogP contribution is -2.41. The van der Waals surface area contributed by atoms with Gasteiger partial charge in [-0.1, -0.05) is 13.8 Å². The van der Waals surface area contributed by atoms with Crippen molar-refractivity contribution in [3.05, 3.63) is 28.3 Å². The molecule has 0 fully saturated rings. The molecule has 0 saturated heterocycles. The quantitative estimate of drug-likeness (QED) is 0.860. The second kappa shape index (κ2) is 6.41. The Morgan fingerprint density at radius 1 is 1.48 bits per heavy atom.